The van der Waals surface area contributed by atoms with Gasteiger partial charge in [0.25, 0.3) is 5.91 Å². The van der Waals surface area contributed by atoms with E-state index in [1.807, 2.05) is 6.20 Å². The molecule has 0 bridgehead atoms. The molecule has 2 N–H and O–H groups in total. The van der Waals surface area contributed by atoms with Crippen molar-refractivity contribution in [1.82, 2.24) is 14.5 Å². The van der Waals surface area contributed by atoms with E-state index in [9.17, 15) is 9.18 Å². The highest BCUT2D eigenvalue weighted by molar-refractivity contribution is 6.08. The van der Waals surface area contributed by atoms with Crippen molar-refractivity contribution in [2.24, 2.45) is 0 Å². The minimum absolute atomic E-state index is 0.167. The summed E-state index contributed by atoms with van der Waals surface area (Å²) in [6, 6.07) is 6.40. The highest BCUT2D eigenvalue weighted by Crippen LogP contribution is 2.35. The van der Waals surface area contributed by atoms with Gasteiger partial charge in [0.2, 0.25) is 0 Å². The minimum Gasteiger partial charge on any atom is -0.364 e. The number of carbonyl (C=O) groups is 1. The fourth-order valence-corrected chi connectivity index (χ4v) is 3.07. The van der Waals surface area contributed by atoms with Crippen molar-refractivity contribution >= 4 is 11.6 Å². The molecular weight excluding hydrogens is 295 g/mol. The first-order chi connectivity index (χ1) is 11.1. The Kier molecular flexibility index (Phi) is 3.04. The van der Waals surface area contributed by atoms with Crippen molar-refractivity contribution in [2.75, 3.05) is 5.32 Å². The van der Waals surface area contributed by atoms with Crippen molar-refractivity contribution in [3.63, 3.8) is 0 Å². The molecule has 0 saturated heterocycles. The maximum absolute atomic E-state index is 13.7. The van der Waals surface area contributed by atoms with Gasteiger partial charge in [-0.2, -0.15) is 0 Å². The maximum atomic E-state index is 13.7. The second-order valence-corrected chi connectivity index (χ2v) is 5.70. The number of para-hydroxylation sites is 1. The van der Waals surface area contributed by atoms with Crippen LogP contribution >= 0.6 is 0 Å². The van der Waals surface area contributed by atoms with Crippen molar-refractivity contribution in [3.8, 4) is 11.4 Å². The van der Waals surface area contributed by atoms with E-state index in [1.54, 1.807) is 24.5 Å². The van der Waals surface area contributed by atoms with E-state index >= 15 is 0 Å². The normalized spacial score (nSPS) is 15.8. The van der Waals surface area contributed by atoms with Crippen LogP contribution < -0.4 is 5.32 Å². The Balaban J connectivity index is 1.73. The molecule has 3 aromatic rings. The number of anilines is 1. The molecule has 1 unspecified atom stereocenters. The van der Waals surface area contributed by atoms with Gasteiger partial charge in [0, 0.05) is 36.7 Å². The number of rotatable bonds is 2. The van der Waals surface area contributed by atoms with Gasteiger partial charge in [-0.05, 0) is 19.1 Å². The molecule has 2 aromatic heterocycles. The number of nitrogens with zero attached hydrogens (tertiary/aromatic N) is 2. The second-order valence-electron chi connectivity index (χ2n) is 5.70. The maximum Gasteiger partial charge on any atom is 0.258 e. The smallest absolute Gasteiger partial charge is 0.258 e. The zero-order valence-corrected chi connectivity index (χ0v) is 12.5. The molecule has 23 heavy (non-hydrogen) atoms. The summed E-state index contributed by atoms with van der Waals surface area (Å²) in [6.45, 7) is 2.11. The zero-order chi connectivity index (χ0) is 16.0. The van der Waals surface area contributed by atoms with Crippen LogP contribution in [0.5, 0.6) is 0 Å². The number of fused-ring (bicyclic) bond motifs is 3. The Labute approximate surface area is 132 Å². The summed E-state index contributed by atoms with van der Waals surface area (Å²) in [5, 5.41) is 2.63. The average molecular weight is 310 g/mol. The van der Waals surface area contributed by atoms with Crippen molar-refractivity contribution in [2.45, 2.75) is 19.4 Å². The molecule has 0 aliphatic carbocycles. The number of carbonyl (C=O) groups excluding carboxylic acids is 1. The van der Waals surface area contributed by atoms with Gasteiger partial charge in [0.1, 0.15) is 11.6 Å². The molecule has 1 amide bonds. The number of aromatic amines is 1. The number of H-pyrrole nitrogens is 1. The fraction of sp³-hybridized carbons (Fsp3) is 0.176. The Hall–Kier alpha value is -2.89. The molecule has 0 radical (unpaired) electrons. The minimum atomic E-state index is -0.458. The molecule has 1 atom stereocenters. The van der Waals surface area contributed by atoms with Gasteiger partial charge in [0.05, 0.1) is 16.8 Å². The van der Waals surface area contributed by atoms with Crippen LogP contribution in [0.3, 0.4) is 0 Å². The fourth-order valence-electron chi connectivity index (χ4n) is 3.07. The van der Waals surface area contributed by atoms with Gasteiger partial charge in [-0.1, -0.05) is 12.1 Å². The lowest BCUT2D eigenvalue weighted by molar-refractivity contribution is 0.102. The molecule has 1 aromatic carbocycles. The van der Waals surface area contributed by atoms with Crippen LogP contribution in [0.4, 0.5) is 10.1 Å². The molecule has 6 heteroatoms. The average Bonchev–Trinajstić information content (AvgIpc) is 3.15. The zero-order valence-electron chi connectivity index (χ0n) is 12.5. The van der Waals surface area contributed by atoms with E-state index in [1.165, 1.54) is 12.1 Å². The van der Waals surface area contributed by atoms with E-state index < -0.39 is 5.82 Å². The summed E-state index contributed by atoms with van der Waals surface area (Å²) >= 11 is 0. The van der Waals surface area contributed by atoms with Crippen molar-refractivity contribution in [1.29, 1.82) is 0 Å². The topological polar surface area (TPSA) is 62.7 Å². The van der Waals surface area contributed by atoms with Crippen molar-refractivity contribution < 1.29 is 9.18 Å². The van der Waals surface area contributed by atoms with Gasteiger partial charge in [0.15, 0.2) is 0 Å². The highest BCUT2D eigenvalue weighted by atomic mass is 19.1. The first-order valence-electron chi connectivity index (χ1n) is 7.44. The lowest BCUT2D eigenvalue weighted by atomic mass is 10.0. The third-order valence-corrected chi connectivity index (χ3v) is 4.20. The van der Waals surface area contributed by atoms with Crippen molar-refractivity contribution in [3.05, 3.63) is 59.9 Å². The predicted octanol–water partition coefficient (Wildman–Crippen LogP) is 3.39. The van der Waals surface area contributed by atoms with Crippen LogP contribution in [0.15, 0.2) is 42.9 Å². The van der Waals surface area contributed by atoms with Crippen LogP contribution in [0, 0.1) is 5.82 Å². The molecule has 0 fully saturated rings. The monoisotopic (exact) mass is 310 g/mol. The molecule has 0 saturated carbocycles. The number of nitrogens with one attached hydrogen (secondary N) is 2. The third-order valence-electron chi connectivity index (χ3n) is 4.20. The predicted molar refractivity (Wildman–Crippen MR) is 84.8 cm³/mol. The number of benzene rings is 1. The molecule has 0 spiro atoms. The lowest BCUT2D eigenvalue weighted by Gasteiger charge is -2.22. The summed E-state index contributed by atoms with van der Waals surface area (Å²) in [5.74, 6) is -0.0456. The Morgan fingerprint density at radius 2 is 2.26 bits per heavy atom. The number of amides is 1. The molecule has 1 aliphatic rings. The SMILES string of the molecule is CC1Cc2[nH]cc(C(=O)Nc3ccccc3F)c2-c2nccn21. The van der Waals surface area contributed by atoms with Gasteiger partial charge >= 0.3 is 0 Å². The standard InChI is InChI=1S/C17H15FN4O/c1-10-8-14-15(16-19-6-7-22(10)16)11(9-20-14)17(23)21-13-5-3-2-4-12(13)18/h2-7,9-10,20H,8H2,1H3,(H,21,23). The molecule has 1 aliphatic heterocycles. The van der Waals surface area contributed by atoms with E-state index in [0.29, 0.717) is 5.56 Å². The van der Waals surface area contributed by atoms with Gasteiger partial charge in [-0.15, -0.1) is 0 Å². The summed E-state index contributed by atoms with van der Waals surface area (Å²) in [4.78, 5) is 20.1. The van der Waals surface area contributed by atoms with E-state index in [0.717, 1.165) is 23.5 Å². The first kappa shape index (κ1) is 13.8. The lowest BCUT2D eigenvalue weighted by Crippen LogP contribution is -2.18. The molecule has 116 valence electrons. The summed E-state index contributed by atoms with van der Waals surface area (Å²) in [6.07, 6.45) is 6.10. The highest BCUT2D eigenvalue weighted by Gasteiger charge is 2.28. The number of imidazole rings is 1. The Bertz CT molecular complexity index is 896. The number of hydrogen-bond donors (Lipinski definition) is 2. The Morgan fingerprint density at radius 3 is 3.09 bits per heavy atom. The molecule has 4 rings (SSSR count). The van der Waals surface area contributed by atoms with Gasteiger partial charge in [-0.25, -0.2) is 9.37 Å². The molecule has 3 heterocycles. The summed E-state index contributed by atoms with van der Waals surface area (Å²) in [7, 11) is 0. The van der Waals surface area contributed by atoms with Gasteiger partial charge < -0.3 is 14.9 Å². The second kappa shape index (κ2) is 5.08. The van der Waals surface area contributed by atoms with Gasteiger partial charge in [-0.3, -0.25) is 4.79 Å². The number of hydrogen-bond acceptors (Lipinski definition) is 2. The quantitative estimate of drug-likeness (QED) is 0.762. The molecular formula is C17H15FN4O. The van der Waals surface area contributed by atoms with Crippen LogP contribution in [0.25, 0.3) is 11.4 Å². The third kappa shape index (κ3) is 2.14. The van der Waals surface area contributed by atoms with Crippen LogP contribution in [-0.4, -0.2) is 20.4 Å². The van der Waals surface area contributed by atoms with E-state index in [2.05, 4.69) is 26.8 Å². The van der Waals surface area contributed by atoms with Crippen LogP contribution in [0.1, 0.15) is 29.0 Å². The number of aromatic nitrogens is 3. The Morgan fingerprint density at radius 1 is 1.43 bits per heavy atom. The first-order valence-corrected chi connectivity index (χ1v) is 7.44. The number of halogens is 1. The van der Waals surface area contributed by atoms with E-state index in [4.69, 9.17) is 0 Å². The van der Waals surface area contributed by atoms with Crippen LogP contribution in [-0.2, 0) is 6.42 Å². The summed E-state index contributed by atoms with van der Waals surface area (Å²) in [5.41, 5.74) is 2.42. The van der Waals surface area contributed by atoms with E-state index in [-0.39, 0.29) is 17.6 Å². The largest absolute Gasteiger partial charge is 0.364 e. The molecule has 5 nitrogen and oxygen atoms in total. The van der Waals surface area contributed by atoms with Crippen LogP contribution in [0.2, 0.25) is 0 Å². The summed E-state index contributed by atoms with van der Waals surface area (Å²) < 4.78 is 15.8.